The molecular weight excluding hydrogens is 271 g/mol. The van der Waals surface area contributed by atoms with E-state index in [1.54, 1.807) is 19.1 Å². The third-order valence-electron chi connectivity index (χ3n) is 2.46. The number of hydrogen-bond donors (Lipinski definition) is 2. The van der Waals surface area contributed by atoms with Gasteiger partial charge in [-0.25, -0.2) is 0 Å². The first-order valence-electron chi connectivity index (χ1n) is 5.87. The first-order valence-corrected chi connectivity index (χ1v) is 6.63. The lowest BCUT2D eigenvalue weighted by molar-refractivity contribution is -0.121. The predicted octanol–water partition coefficient (Wildman–Crippen LogP) is 2.78. The van der Waals surface area contributed by atoms with Crippen LogP contribution in [0.25, 0.3) is 0 Å². The molecule has 0 bridgehead atoms. The molecule has 0 radical (unpaired) electrons. The molecule has 0 aromatic heterocycles. The van der Waals surface area contributed by atoms with Crippen LogP contribution in [0.1, 0.15) is 25.8 Å². The molecule has 0 aliphatic heterocycles. The summed E-state index contributed by atoms with van der Waals surface area (Å²) in [6, 6.07) is 5.25. The summed E-state index contributed by atoms with van der Waals surface area (Å²) in [4.78, 5) is 11.5. The topological polar surface area (TPSA) is 55.1 Å². The summed E-state index contributed by atoms with van der Waals surface area (Å²) in [6.07, 6.45) is 0.999. The molecule has 5 heteroatoms. The molecule has 18 heavy (non-hydrogen) atoms. The molecule has 1 aromatic rings. The number of halogens is 2. The van der Waals surface area contributed by atoms with Gasteiger partial charge in [0, 0.05) is 28.5 Å². The van der Waals surface area contributed by atoms with E-state index in [4.69, 9.17) is 28.9 Å². The Labute approximate surface area is 118 Å². The van der Waals surface area contributed by atoms with Gasteiger partial charge in [0.15, 0.2) is 0 Å². The van der Waals surface area contributed by atoms with E-state index in [1.807, 2.05) is 13.0 Å². The average Bonchev–Trinajstić information content (AvgIpc) is 2.20. The van der Waals surface area contributed by atoms with Crippen molar-refractivity contribution >= 4 is 29.1 Å². The van der Waals surface area contributed by atoms with Gasteiger partial charge < -0.3 is 11.1 Å². The third-order valence-corrected chi connectivity index (χ3v) is 3.04. The van der Waals surface area contributed by atoms with Gasteiger partial charge >= 0.3 is 0 Å². The number of carbonyl (C=O) groups is 1. The van der Waals surface area contributed by atoms with Crippen molar-refractivity contribution in [2.45, 2.75) is 38.8 Å². The van der Waals surface area contributed by atoms with Crippen LogP contribution in [0.4, 0.5) is 0 Å². The maximum Gasteiger partial charge on any atom is 0.221 e. The van der Waals surface area contributed by atoms with Crippen LogP contribution in [0.5, 0.6) is 0 Å². The molecular formula is C13H18Cl2N2O. The highest BCUT2D eigenvalue weighted by molar-refractivity contribution is 6.35. The van der Waals surface area contributed by atoms with E-state index in [-0.39, 0.29) is 18.0 Å². The van der Waals surface area contributed by atoms with Crippen molar-refractivity contribution in [2.24, 2.45) is 5.73 Å². The van der Waals surface area contributed by atoms with E-state index in [0.29, 0.717) is 22.9 Å². The number of nitrogens with two attached hydrogens (primary N) is 1. The Balaban J connectivity index is 2.54. The van der Waals surface area contributed by atoms with Crippen LogP contribution < -0.4 is 11.1 Å². The largest absolute Gasteiger partial charge is 0.353 e. The molecule has 1 rings (SSSR count). The number of nitrogens with one attached hydrogen (secondary N) is 1. The smallest absolute Gasteiger partial charge is 0.221 e. The fourth-order valence-corrected chi connectivity index (χ4v) is 2.18. The van der Waals surface area contributed by atoms with Crippen LogP contribution in [0.2, 0.25) is 10.0 Å². The van der Waals surface area contributed by atoms with E-state index in [0.717, 1.165) is 5.56 Å². The van der Waals surface area contributed by atoms with Crippen LogP contribution in [-0.4, -0.2) is 18.0 Å². The van der Waals surface area contributed by atoms with Crippen molar-refractivity contribution < 1.29 is 4.79 Å². The molecule has 3 nitrogen and oxygen atoms in total. The first-order chi connectivity index (χ1) is 8.38. The molecule has 0 saturated heterocycles. The molecule has 2 atom stereocenters. The van der Waals surface area contributed by atoms with E-state index < -0.39 is 0 Å². The van der Waals surface area contributed by atoms with Gasteiger partial charge in [0.1, 0.15) is 0 Å². The normalized spacial score (nSPS) is 14.1. The number of rotatable bonds is 5. The standard InChI is InChI=1S/C13H18Cl2N2O/c1-8(16)5-13(18)17-9(2)6-10-3-4-11(14)7-12(10)15/h3-4,7-9H,5-6,16H2,1-2H3,(H,17,18). The Morgan fingerprint density at radius 1 is 1.39 bits per heavy atom. The van der Waals surface area contributed by atoms with Crippen LogP contribution in [-0.2, 0) is 11.2 Å². The zero-order chi connectivity index (χ0) is 13.7. The van der Waals surface area contributed by atoms with Gasteiger partial charge in [-0.15, -0.1) is 0 Å². The fraction of sp³-hybridized carbons (Fsp3) is 0.462. The molecule has 0 spiro atoms. The fourth-order valence-electron chi connectivity index (χ4n) is 1.69. The third kappa shape index (κ3) is 5.25. The van der Waals surface area contributed by atoms with Crippen LogP contribution >= 0.6 is 23.2 Å². The SMILES string of the molecule is CC(N)CC(=O)NC(C)Cc1ccc(Cl)cc1Cl. The van der Waals surface area contributed by atoms with Gasteiger partial charge in [-0.1, -0.05) is 29.3 Å². The second-order valence-electron chi connectivity index (χ2n) is 4.59. The van der Waals surface area contributed by atoms with Crippen LogP contribution in [0.3, 0.4) is 0 Å². The molecule has 0 aliphatic carbocycles. The number of carbonyl (C=O) groups excluding carboxylic acids is 1. The van der Waals surface area contributed by atoms with Crippen molar-refractivity contribution in [1.82, 2.24) is 5.32 Å². The van der Waals surface area contributed by atoms with Gasteiger partial charge in [0.2, 0.25) is 5.91 Å². The van der Waals surface area contributed by atoms with Crippen molar-refractivity contribution in [3.05, 3.63) is 33.8 Å². The molecule has 0 aliphatic rings. The lowest BCUT2D eigenvalue weighted by atomic mass is 10.1. The van der Waals surface area contributed by atoms with E-state index in [2.05, 4.69) is 5.32 Å². The Morgan fingerprint density at radius 2 is 2.06 bits per heavy atom. The van der Waals surface area contributed by atoms with Gasteiger partial charge in [0.05, 0.1) is 0 Å². The zero-order valence-electron chi connectivity index (χ0n) is 10.5. The zero-order valence-corrected chi connectivity index (χ0v) is 12.1. The summed E-state index contributed by atoms with van der Waals surface area (Å²) in [7, 11) is 0. The molecule has 0 heterocycles. The minimum absolute atomic E-state index is 0.00919. The Bertz CT molecular complexity index is 421. The molecule has 0 fully saturated rings. The second kappa shape index (κ2) is 6.98. The molecule has 2 unspecified atom stereocenters. The number of benzene rings is 1. The van der Waals surface area contributed by atoms with Gasteiger partial charge in [0.25, 0.3) is 0 Å². The second-order valence-corrected chi connectivity index (χ2v) is 5.43. The Hall–Kier alpha value is -0.770. The highest BCUT2D eigenvalue weighted by Crippen LogP contribution is 2.22. The van der Waals surface area contributed by atoms with E-state index >= 15 is 0 Å². The maximum absolute atomic E-state index is 11.5. The Kier molecular flexibility index (Phi) is 5.93. The lowest BCUT2D eigenvalue weighted by Crippen LogP contribution is -2.37. The summed E-state index contributed by atoms with van der Waals surface area (Å²) in [5, 5.41) is 4.12. The number of amides is 1. The van der Waals surface area contributed by atoms with Gasteiger partial charge in [-0.3, -0.25) is 4.79 Å². The van der Waals surface area contributed by atoms with Crippen molar-refractivity contribution in [3.63, 3.8) is 0 Å². The molecule has 3 N–H and O–H groups in total. The van der Waals surface area contributed by atoms with Gasteiger partial charge in [-0.2, -0.15) is 0 Å². The van der Waals surface area contributed by atoms with E-state index in [9.17, 15) is 4.79 Å². The van der Waals surface area contributed by atoms with Crippen molar-refractivity contribution in [1.29, 1.82) is 0 Å². The van der Waals surface area contributed by atoms with Crippen molar-refractivity contribution in [2.75, 3.05) is 0 Å². The lowest BCUT2D eigenvalue weighted by Gasteiger charge is -2.15. The first kappa shape index (κ1) is 15.3. The minimum Gasteiger partial charge on any atom is -0.353 e. The highest BCUT2D eigenvalue weighted by Gasteiger charge is 2.11. The molecule has 100 valence electrons. The van der Waals surface area contributed by atoms with Crippen LogP contribution in [0.15, 0.2) is 18.2 Å². The predicted molar refractivity (Wildman–Crippen MR) is 76.0 cm³/mol. The van der Waals surface area contributed by atoms with Crippen LogP contribution in [0, 0.1) is 0 Å². The Morgan fingerprint density at radius 3 is 2.61 bits per heavy atom. The summed E-state index contributed by atoms with van der Waals surface area (Å²) in [5.41, 5.74) is 6.53. The monoisotopic (exact) mass is 288 g/mol. The van der Waals surface area contributed by atoms with Crippen molar-refractivity contribution in [3.8, 4) is 0 Å². The quantitative estimate of drug-likeness (QED) is 0.875. The maximum atomic E-state index is 11.5. The van der Waals surface area contributed by atoms with Gasteiger partial charge in [-0.05, 0) is 38.0 Å². The average molecular weight is 289 g/mol. The molecule has 1 aromatic carbocycles. The molecule has 1 amide bonds. The summed E-state index contributed by atoms with van der Waals surface area (Å²) < 4.78 is 0. The minimum atomic E-state index is -0.128. The summed E-state index contributed by atoms with van der Waals surface area (Å²) >= 11 is 11.9. The van der Waals surface area contributed by atoms with E-state index in [1.165, 1.54) is 0 Å². The number of hydrogen-bond acceptors (Lipinski definition) is 2. The molecule has 0 saturated carbocycles. The summed E-state index contributed by atoms with van der Waals surface area (Å²) in [5.74, 6) is -0.0393. The summed E-state index contributed by atoms with van der Waals surface area (Å²) in [6.45, 7) is 3.74. The highest BCUT2D eigenvalue weighted by atomic mass is 35.5.